The van der Waals surface area contributed by atoms with Crippen LogP contribution in [0.5, 0.6) is 0 Å². The second-order valence-corrected chi connectivity index (χ2v) is 2.30. The van der Waals surface area contributed by atoms with Crippen LogP contribution in [0, 0.1) is 0 Å². The molecule has 1 heterocycles. The number of rotatable bonds is 1. The first-order valence-electron chi connectivity index (χ1n) is 2.16. The molecule has 0 atom stereocenters. The van der Waals surface area contributed by atoms with Gasteiger partial charge < -0.3 is 0 Å². The summed E-state index contributed by atoms with van der Waals surface area (Å²) in [4.78, 5) is 14.2. The van der Waals surface area contributed by atoms with E-state index in [1.54, 1.807) is 12.5 Å². The molecule has 1 aliphatic heterocycles. The molecule has 1 radical (unpaired) electrons. The Balaban J connectivity index is 2.63. The van der Waals surface area contributed by atoms with Crippen LogP contribution < -0.4 is 0 Å². The van der Waals surface area contributed by atoms with E-state index in [1.165, 1.54) is 18.0 Å². The lowest BCUT2D eigenvalue weighted by Crippen LogP contribution is -1.88. The maximum Gasteiger partial charge on any atom is 0.242 e. The van der Waals surface area contributed by atoms with E-state index in [4.69, 9.17) is 0 Å². The van der Waals surface area contributed by atoms with Gasteiger partial charge in [0.25, 0.3) is 0 Å². The lowest BCUT2D eigenvalue weighted by atomic mass is 10.6. The molecule has 3 heteroatoms. The Morgan fingerprint density at radius 3 is 3.12 bits per heavy atom. The van der Waals surface area contributed by atoms with Gasteiger partial charge in [-0.1, -0.05) is 0 Å². The van der Waals surface area contributed by atoms with Gasteiger partial charge in [-0.3, -0.25) is 9.79 Å². The molecule has 0 aliphatic carbocycles. The molecule has 0 aromatic rings. The zero-order valence-electron chi connectivity index (χ0n) is 4.13. The number of thioether (sulfide) groups is 1. The Labute approximate surface area is 51.7 Å². The molecule has 0 saturated heterocycles. The van der Waals surface area contributed by atoms with Crippen LogP contribution in [-0.4, -0.2) is 18.3 Å². The van der Waals surface area contributed by atoms with Gasteiger partial charge in [0.1, 0.15) is 0 Å². The molecule has 0 aromatic carbocycles. The van der Waals surface area contributed by atoms with E-state index in [0.29, 0.717) is 4.91 Å². The summed E-state index contributed by atoms with van der Waals surface area (Å²) in [7, 11) is 0. The van der Waals surface area contributed by atoms with Crippen molar-refractivity contribution in [2.75, 3.05) is 5.75 Å². The minimum absolute atomic E-state index is 0.590. The highest BCUT2D eigenvalue weighted by Gasteiger charge is 1.97. The summed E-state index contributed by atoms with van der Waals surface area (Å²) in [6.07, 6.45) is 5.03. The second-order valence-electron chi connectivity index (χ2n) is 1.24. The Morgan fingerprint density at radius 1 is 1.88 bits per heavy atom. The topological polar surface area (TPSA) is 29.4 Å². The summed E-state index contributed by atoms with van der Waals surface area (Å²) in [5.74, 6) is 0.793. The number of aliphatic imine (C=N–C) groups is 1. The molecule has 0 spiro atoms. The van der Waals surface area contributed by atoms with Crippen molar-refractivity contribution in [1.82, 2.24) is 0 Å². The van der Waals surface area contributed by atoms with E-state index in [-0.39, 0.29) is 0 Å². The standard InChI is InChI=1S/C5H4NOS/c7-4-5-3-6-1-2-8-5/h1,3H,2H2. The Morgan fingerprint density at radius 2 is 2.75 bits per heavy atom. The molecule has 0 aromatic heterocycles. The molecule has 0 unspecified atom stereocenters. The first-order valence-corrected chi connectivity index (χ1v) is 3.15. The van der Waals surface area contributed by atoms with Crippen LogP contribution in [0.3, 0.4) is 0 Å². The molecule has 0 bridgehead atoms. The second kappa shape index (κ2) is 2.67. The fourth-order valence-corrected chi connectivity index (χ4v) is 0.918. The van der Waals surface area contributed by atoms with Crippen LogP contribution in [0.25, 0.3) is 0 Å². The van der Waals surface area contributed by atoms with E-state index in [2.05, 4.69) is 4.99 Å². The molecule has 1 aliphatic rings. The largest absolute Gasteiger partial charge is 0.284 e. The molecule has 41 valence electrons. The molecular formula is C5H4NOS. The Hall–Kier alpha value is -0.570. The third kappa shape index (κ3) is 1.20. The predicted molar refractivity (Wildman–Crippen MR) is 34.7 cm³/mol. The molecule has 0 saturated carbocycles. The minimum Gasteiger partial charge on any atom is -0.284 e. The van der Waals surface area contributed by atoms with E-state index in [0.717, 1.165) is 5.75 Å². The summed E-state index contributed by atoms with van der Waals surface area (Å²) < 4.78 is 0. The number of nitrogens with zero attached hydrogens (tertiary/aromatic N) is 1. The van der Waals surface area contributed by atoms with Gasteiger partial charge in [-0.25, -0.2) is 0 Å². The Kier molecular flexibility index (Phi) is 1.86. The lowest BCUT2D eigenvalue weighted by Gasteiger charge is -1.95. The molecule has 0 fully saturated rings. The molecule has 8 heavy (non-hydrogen) atoms. The third-order valence-electron chi connectivity index (χ3n) is 0.711. The molecule has 0 N–H and O–H groups in total. The first kappa shape index (κ1) is 5.56. The summed E-state index contributed by atoms with van der Waals surface area (Å²) in [5, 5.41) is 0. The highest BCUT2D eigenvalue weighted by molar-refractivity contribution is 8.04. The van der Waals surface area contributed by atoms with Crippen molar-refractivity contribution >= 4 is 24.3 Å². The van der Waals surface area contributed by atoms with Crippen LogP contribution >= 0.6 is 11.8 Å². The average molecular weight is 126 g/mol. The minimum atomic E-state index is 0.590. The zero-order valence-corrected chi connectivity index (χ0v) is 4.94. The van der Waals surface area contributed by atoms with Crippen molar-refractivity contribution in [2.24, 2.45) is 4.99 Å². The van der Waals surface area contributed by atoms with E-state index in [9.17, 15) is 4.79 Å². The fourth-order valence-electron chi connectivity index (χ4n) is 0.384. The van der Waals surface area contributed by atoms with Gasteiger partial charge in [-0.05, 0) is 0 Å². The van der Waals surface area contributed by atoms with E-state index in [1.807, 2.05) is 0 Å². The maximum absolute atomic E-state index is 9.87. The summed E-state index contributed by atoms with van der Waals surface area (Å²) >= 11 is 1.45. The van der Waals surface area contributed by atoms with Crippen molar-refractivity contribution in [3.05, 3.63) is 11.1 Å². The fraction of sp³-hybridized carbons (Fsp3) is 0.200. The average Bonchev–Trinajstić information content (AvgIpc) is 1.90. The van der Waals surface area contributed by atoms with Crippen LogP contribution in [0.2, 0.25) is 0 Å². The van der Waals surface area contributed by atoms with Gasteiger partial charge in [0, 0.05) is 18.2 Å². The maximum atomic E-state index is 9.87. The molecule has 1 rings (SSSR count). The van der Waals surface area contributed by atoms with Crippen molar-refractivity contribution in [1.29, 1.82) is 0 Å². The van der Waals surface area contributed by atoms with Crippen molar-refractivity contribution in [3.63, 3.8) is 0 Å². The van der Waals surface area contributed by atoms with Gasteiger partial charge in [0.2, 0.25) is 6.29 Å². The number of hydrogen-bond donors (Lipinski definition) is 0. The zero-order chi connectivity index (χ0) is 5.82. The number of hydrogen-bond acceptors (Lipinski definition) is 3. The van der Waals surface area contributed by atoms with Crippen LogP contribution in [0.4, 0.5) is 0 Å². The van der Waals surface area contributed by atoms with Crippen molar-refractivity contribution in [2.45, 2.75) is 0 Å². The van der Waals surface area contributed by atoms with Gasteiger partial charge in [-0.2, -0.15) is 0 Å². The smallest absolute Gasteiger partial charge is 0.242 e. The van der Waals surface area contributed by atoms with Gasteiger partial charge >= 0.3 is 0 Å². The van der Waals surface area contributed by atoms with Crippen LogP contribution in [-0.2, 0) is 4.79 Å². The lowest BCUT2D eigenvalue weighted by molar-refractivity contribution is 0.563. The molecule has 0 amide bonds. The summed E-state index contributed by atoms with van der Waals surface area (Å²) in [5.41, 5.74) is 0. The number of carbonyl (C=O) groups excluding carboxylic acids is 1. The van der Waals surface area contributed by atoms with Crippen molar-refractivity contribution in [3.8, 4) is 0 Å². The van der Waals surface area contributed by atoms with Crippen molar-refractivity contribution < 1.29 is 4.79 Å². The van der Waals surface area contributed by atoms with Gasteiger partial charge in [0.15, 0.2) is 0 Å². The van der Waals surface area contributed by atoms with E-state index < -0.39 is 0 Å². The summed E-state index contributed by atoms with van der Waals surface area (Å²) in [6.45, 7) is 0. The highest BCUT2D eigenvalue weighted by Crippen LogP contribution is 2.14. The highest BCUT2D eigenvalue weighted by atomic mass is 32.2. The van der Waals surface area contributed by atoms with E-state index >= 15 is 0 Å². The van der Waals surface area contributed by atoms with Crippen LogP contribution in [0.1, 0.15) is 0 Å². The van der Waals surface area contributed by atoms with Gasteiger partial charge in [0.05, 0.1) is 4.91 Å². The first-order chi connectivity index (χ1) is 3.93. The summed E-state index contributed by atoms with van der Waals surface area (Å²) in [6, 6.07) is 0. The quantitative estimate of drug-likeness (QED) is 0.519. The van der Waals surface area contributed by atoms with Crippen LogP contribution in [0.15, 0.2) is 16.1 Å². The monoisotopic (exact) mass is 126 g/mol. The Bertz CT molecular complexity index is 151. The van der Waals surface area contributed by atoms with Gasteiger partial charge in [-0.15, -0.1) is 11.8 Å². The third-order valence-corrected chi connectivity index (χ3v) is 1.53. The molecule has 2 nitrogen and oxygen atoms in total. The molecular weight excluding hydrogens is 122 g/mol. The predicted octanol–water partition coefficient (Wildman–Crippen LogP) is 0.755. The SMILES string of the molecule is O=[C]C1=CN=CCS1. The normalized spacial score (nSPS) is 17.8. The number of allylic oxidation sites excluding steroid dienone is 1.